The molecule has 0 fully saturated rings. The molecule has 0 saturated carbocycles. The van der Waals surface area contributed by atoms with Crippen molar-refractivity contribution in [2.24, 2.45) is 0 Å². The van der Waals surface area contributed by atoms with E-state index in [2.05, 4.69) is 36.4 Å². The molecule has 28 heavy (non-hydrogen) atoms. The largest absolute Gasteiger partial charge is 0.187 e. The molecule has 3 aromatic rings. The van der Waals surface area contributed by atoms with Crippen molar-refractivity contribution in [1.29, 1.82) is 0 Å². The molecule has 0 aliphatic carbocycles. The van der Waals surface area contributed by atoms with Gasteiger partial charge in [-0.2, -0.15) is 4.18 Å². The molecule has 152 valence electrons. The molecule has 0 saturated heterocycles. The molecule has 0 aliphatic rings. The molecular formula is C19H17F6OSSb. The summed E-state index contributed by atoms with van der Waals surface area (Å²) in [5.74, 6) is 0. The van der Waals surface area contributed by atoms with Gasteiger partial charge in [0.2, 0.25) is 0 Å². The molecule has 0 bridgehead atoms. The van der Waals surface area contributed by atoms with E-state index in [1.54, 1.807) is 0 Å². The van der Waals surface area contributed by atoms with Crippen molar-refractivity contribution in [3.63, 3.8) is 0 Å². The molecule has 0 heterocycles. The van der Waals surface area contributed by atoms with Crippen LogP contribution < -0.4 is 0 Å². The standard InChI is InChI=1S/C19H16OS.6FH.Sb/c1-4-10-16(11-5-1)19(17-12-6-2-7-13-17)20-21-18-14-8-3-9-15-18;;;;;;;/h1-15,19H;6*1H;/q;;;;;;;+5/p-5. The summed E-state index contributed by atoms with van der Waals surface area (Å²) in [6.45, 7) is 0. The summed E-state index contributed by atoms with van der Waals surface area (Å²) in [5, 5.41) is 0. The van der Waals surface area contributed by atoms with Crippen molar-refractivity contribution in [2.75, 3.05) is 0 Å². The van der Waals surface area contributed by atoms with Gasteiger partial charge in [-0.05, 0) is 23.3 Å². The van der Waals surface area contributed by atoms with E-state index in [1.165, 1.54) is 11.1 Å². The van der Waals surface area contributed by atoms with E-state index in [1.807, 2.05) is 54.6 Å². The number of thiol groups is 1. The van der Waals surface area contributed by atoms with Crippen LogP contribution in [0.1, 0.15) is 17.2 Å². The average molecular weight is 529 g/mol. The van der Waals surface area contributed by atoms with Gasteiger partial charge in [-0.1, -0.05) is 78.9 Å². The molecule has 3 rings (SSSR count). The van der Waals surface area contributed by atoms with Crippen molar-refractivity contribution < 1.29 is 21.1 Å². The molecule has 0 spiro atoms. The molecule has 0 unspecified atom stereocenters. The summed E-state index contributed by atoms with van der Waals surface area (Å²) in [4.78, 5) is 1.16. The van der Waals surface area contributed by atoms with E-state index in [0.717, 1.165) is 16.9 Å². The molecule has 1 nitrogen and oxygen atoms in total. The first kappa shape index (κ1) is 22.7. The first-order chi connectivity index (χ1) is 12.9. The minimum absolute atomic E-state index is 0.0470. The van der Waals surface area contributed by atoms with Crippen LogP contribution in [-0.2, 0) is 16.2 Å². The second-order valence-electron chi connectivity index (χ2n) is 5.69. The molecule has 0 aromatic heterocycles. The SMILES string of the molecule is [F][Sb-]([F])([F])([F])([F])[F].c1ccc([SH+]OC(c2ccccc2)c2ccccc2)cc1. The maximum atomic E-state index is 9.93. The predicted molar refractivity (Wildman–Crippen MR) is 102 cm³/mol. The second-order valence-corrected chi connectivity index (χ2v) is 12.1. The third-order valence-corrected chi connectivity index (χ3v) is 4.05. The fraction of sp³-hybridized carbons (Fsp3) is 0.0526. The third-order valence-electron chi connectivity index (χ3n) is 3.22. The van der Waals surface area contributed by atoms with Gasteiger partial charge in [0.15, 0.2) is 23.0 Å². The molecule has 0 N–H and O–H groups in total. The minimum atomic E-state index is -11.2. The Morgan fingerprint density at radius 1 is 0.571 bits per heavy atom. The van der Waals surface area contributed by atoms with Crippen LogP contribution in [0.25, 0.3) is 0 Å². The van der Waals surface area contributed by atoms with Crippen LogP contribution in [0.15, 0.2) is 95.9 Å². The number of hydrogen-bond donors (Lipinski definition) is 0. The Labute approximate surface area is 165 Å². The molecular weight excluding hydrogens is 512 g/mol. The zero-order chi connectivity index (χ0) is 20.7. The van der Waals surface area contributed by atoms with Gasteiger partial charge in [-0.15, -0.1) is 0 Å². The summed E-state index contributed by atoms with van der Waals surface area (Å²) in [6, 6.07) is 30.9. The number of halogens is 6. The van der Waals surface area contributed by atoms with Crippen LogP contribution in [0, 0.1) is 0 Å². The van der Waals surface area contributed by atoms with E-state index in [0.29, 0.717) is 0 Å². The van der Waals surface area contributed by atoms with E-state index in [9.17, 15) is 16.9 Å². The fourth-order valence-corrected chi connectivity index (χ4v) is 2.94. The topological polar surface area (TPSA) is 9.23 Å². The van der Waals surface area contributed by atoms with Crippen LogP contribution >= 0.6 is 0 Å². The Bertz CT molecular complexity index is 808. The van der Waals surface area contributed by atoms with Crippen molar-refractivity contribution >= 4 is 31.5 Å². The molecule has 0 radical (unpaired) electrons. The average Bonchev–Trinajstić information content (AvgIpc) is 2.62. The first-order valence-electron chi connectivity index (χ1n) is 7.97. The summed E-state index contributed by atoms with van der Waals surface area (Å²) >= 11 is -10.4. The zero-order valence-corrected chi connectivity index (χ0v) is 17.8. The van der Waals surface area contributed by atoms with Gasteiger partial charge in [-0.25, -0.2) is 0 Å². The quantitative estimate of drug-likeness (QED) is 0.154. The Morgan fingerprint density at radius 2 is 0.893 bits per heavy atom. The monoisotopic (exact) mass is 528 g/mol. The van der Waals surface area contributed by atoms with Crippen molar-refractivity contribution in [2.45, 2.75) is 11.0 Å². The van der Waals surface area contributed by atoms with Gasteiger partial charge >= 0.3 is 36.4 Å². The zero-order valence-electron chi connectivity index (χ0n) is 14.3. The summed E-state index contributed by atoms with van der Waals surface area (Å²) in [7, 11) is 0. The van der Waals surface area contributed by atoms with E-state index in [-0.39, 0.29) is 6.10 Å². The van der Waals surface area contributed by atoms with Crippen LogP contribution in [-0.4, -0.2) is 19.5 Å². The maximum Gasteiger partial charge on any atom is 0.187 e. The van der Waals surface area contributed by atoms with Gasteiger partial charge < -0.3 is 0 Å². The van der Waals surface area contributed by atoms with Gasteiger partial charge in [0.05, 0.1) is 0 Å². The van der Waals surface area contributed by atoms with Crippen molar-refractivity contribution in [3.05, 3.63) is 102 Å². The molecule has 0 aliphatic heterocycles. The Hall–Kier alpha value is -1.63. The second kappa shape index (κ2) is 8.39. The number of benzene rings is 3. The van der Waals surface area contributed by atoms with Gasteiger partial charge in [0.1, 0.15) is 0 Å². The smallest absolute Gasteiger partial charge is 0.157 e. The van der Waals surface area contributed by atoms with E-state index >= 15 is 0 Å². The molecule has 0 atom stereocenters. The summed E-state index contributed by atoms with van der Waals surface area (Å²) in [5.41, 5.74) is 2.35. The summed E-state index contributed by atoms with van der Waals surface area (Å²) in [6.07, 6.45) is -0.0470. The molecule has 3 aromatic carbocycles. The Kier molecular flexibility index (Phi) is 6.79. The maximum absolute atomic E-state index is 11.2. The van der Waals surface area contributed by atoms with Crippen LogP contribution in [0.5, 0.6) is 0 Å². The van der Waals surface area contributed by atoms with Crippen molar-refractivity contribution in [1.82, 2.24) is 0 Å². The van der Waals surface area contributed by atoms with E-state index in [4.69, 9.17) is 4.18 Å². The summed E-state index contributed by atoms with van der Waals surface area (Å²) < 4.78 is 65.7. The fourth-order valence-electron chi connectivity index (χ4n) is 2.17. The van der Waals surface area contributed by atoms with Crippen LogP contribution in [0.4, 0.5) is 16.9 Å². The van der Waals surface area contributed by atoms with Crippen LogP contribution in [0.3, 0.4) is 0 Å². The molecule has 9 heteroatoms. The van der Waals surface area contributed by atoms with Gasteiger partial charge in [0, 0.05) is 0 Å². The predicted octanol–water partition coefficient (Wildman–Crippen LogP) is 6.72. The van der Waals surface area contributed by atoms with Crippen molar-refractivity contribution in [3.8, 4) is 0 Å². The molecule has 0 amide bonds. The minimum Gasteiger partial charge on any atom is -0.157 e. The number of rotatable bonds is 5. The van der Waals surface area contributed by atoms with Gasteiger partial charge in [0.25, 0.3) is 0 Å². The number of hydrogen-bond acceptors (Lipinski definition) is 1. The van der Waals surface area contributed by atoms with Crippen LogP contribution in [0.2, 0.25) is 0 Å². The third kappa shape index (κ3) is 10.6. The Morgan fingerprint density at radius 3 is 1.25 bits per heavy atom. The van der Waals surface area contributed by atoms with Gasteiger partial charge in [-0.3, -0.25) is 0 Å². The first-order valence-corrected chi connectivity index (χ1v) is 14.6. The normalized spacial score (nSPS) is 13.8. The Balaban J connectivity index is 0.000000345. The van der Waals surface area contributed by atoms with E-state index < -0.39 is 19.5 Å².